The highest BCUT2D eigenvalue weighted by atomic mass is 16.8. The molecule has 0 saturated carbocycles. The molecule has 2 fully saturated rings. The molecule has 1 aromatic rings. The van der Waals surface area contributed by atoms with Gasteiger partial charge in [0.05, 0.1) is 0 Å². The van der Waals surface area contributed by atoms with Gasteiger partial charge in [0.2, 0.25) is 17.5 Å². The molecule has 0 aromatic heterocycles. The average Bonchev–Trinajstić information content (AvgIpc) is 3.14. The van der Waals surface area contributed by atoms with E-state index < -0.39 is 77.8 Å². The molecule has 0 spiro atoms. The van der Waals surface area contributed by atoms with E-state index in [9.17, 15) is 49.5 Å². The molecule has 8 atom stereocenters. The minimum atomic E-state index is -3.88. The van der Waals surface area contributed by atoms with Gasteiger partial charge in [-0.2, -0.15) is 0 Å². The van der Waals surface area contributed by atoms with E-state index in [4.69, 9.17) is 18.9 Å². The molecule has 8 unspecified atom stereocenters. The smallest absolute Gasteiger partial charge is 0.407 e. The number of fused-ring (bicyclic) bond motifs is 2. The number of alkyl carbamates (subject to hydrolysis) is 1. The van der Waals surface area contributed by atoms with Crippen LogP contribution in [0.5, 0.6) is 0 Å². The van der Waals surface area contributed by atoms with E-state index in [-0.39, 0.29) is 17.9 Å². The van der Waals surface area contributed by atoms with Crippen LogP contribution in [0, 0.1) is 5.92 Å². The lowest BCUT2D eigenvalue weighted by Crippen LogP contribution is -2.78. The van der Waals surface area contributed by atoms with E-state index in [2.05, 4.69) is 6.58 Å². The average molecular weight is 596 g/mol. The van der Waals surface area contributed by atoms with E-state index in [0.717, 1.165) is 12.6 Å². The first kappa shape index (κ1) is 32.5. The number of esters is 1. The Labute approximate surface area is 239 Å². The molecule has 2 saturated heterocycles. The van der Waals surface area contributed by atoms with Gasteiger partial charge in [0.25, 0.3) is 5.60 Å². The first-order chi connectivity index (χ1) is 19.6. The maximum absolute atomic E-state index is 12.6. The van der Waals surface area contributed by atoms with E-state index in [0.29, 0.717) is 6.42 Å². The zero-order valence-corrected chi connectivity index (χ0v) is 23.0. The lowest BCUT2D eigenvalue weighted by molar-refractivity contribution is -0.373. The van der Waals surface area contributed by atoms with Crippen molar-refractivity contribution in [2.75, 3.05) is 7.05 Å². The summed E-state index contributed by atoms with van der Waals surface area (Å²) in [7, 11) is 1.08. The van der Waals surface area contributed by atoms with Crippen molar-refractivity contribution in [2.45, 2.75) is 74.5 Å². The number of nitrogens with one attached hydrogen (secondary N) is 1. The summed E-state index contributed by atoms with van der Waals surface area (Å²) in [5.41, 5.74) is -6.25. The number of aliphatic hydroxyl groups excluding tert-OH is 1. The van der Waals surface area contributed by atoms with Gasteiger partial charge in [-0.3, -0.25) is 4.79 Å². The maximum Gasteiger partial charge on any atom is 0.407 e. The minimum Gasteiger partial charge on any atom is -0.479 e. The largest absolute Gasteiger partial charge is 0.479 e. The van der Waals surface area contributed by atoms with Crippen molar-refractivity contribution >= 4 is 30.0 Å². The second-order valence-corrected chi connectivity index (χ2v) is 10.2. The summed E-state index contributed by atoms with van der Waals surface area (Å²) in [6.07, 6.45) is -10.2. The molecule has 0 radical (unpaired) electrons. The summed E-state index contributed by atoms with van der Waals surface area (Å²) < 4.78 is 21.3. The fourth-order valence-corrected chi connectivity index (χ4v) is 5.47. The third-order valence-corrected chi connectivity index (χ3v) is 7.45. The number of hydrogen-bond acceptors (Lipinski definition) is 11. The number of hydrogen-bond donors (Lipinski definition) is 6. The van der Waals surface area contributed by atoms with Crippen LogP contribution in [0.25, 0.3) is 0 Å². The van der Waals surface area contributed by atoms with Crippen LogP contribution < -0.4 is 5.32 Å². The Kier molecular flexibility index (Phi) is 9.31. The summed E-state index contributed by atoms with van der Waals surface area (Å²) in [5, 5.41) is 54.2. The summed E-state index contributed by atoms with van der Waals surface area (Å²) >= 11 is 0. The molecule has 6 N–H and O–H groups in total. The van der Waals surface area contributed by atoms with Gasteiger partial charge in [0, 0.05) is 26.3 Å². The molecule has 2 aliphatic rings. The van der Waals surface area contributed by atoms with Crippen molar-refractivity contribution in [1.82, 2.24) is 5.32 Å². The lowest BCUT2D eigenvalue weighted by atomic mass is 9.74. The first-order valence-electron chi connectivity index (χ1n) is 12.8. The van der Waals surface area contributed by atoms with Crippen LogP contribution in [-0.2, 0) is 44.5 Å². The fraction of sp³-hybridized carbons (Fsp3) is 0.519. The topological polar surface area (TPSA) is 235 Å². The third kappa shape index (κ3) is 5.43. The van der Waals surface area contributed by atoms with Crippen LogP contribution in [0.3, 0.4) is 0 Å². The van der Waals surface area contributed by atoms with Gasteiger partial charge in [0.1, 0.15) is 12.2 Å². The Morgan fingerprint density at radius 2 is 1.71 bits per heavy atom. The maximum atomic E-state index is 12.6. The van der Waals surface area contributed by atoms with Gasteiger partial charge in [-0.05, 0) is 24.0 Å². The number of carboxylic acids is 3. The van der Waals surface area contributed by atoms with Crippen LogP contribution >= 0.6 is 0 Å². The van der Waals surface area contributed by atoms with Crippen LogP contribution in [0.4, 0.5) is 4.79 Å². The number of amides is 1. The van der Waals surface area contributed by atoms with Gasteiger partial charge in [-0.25, -0.2) is 19.2 Å². The summed E-state index contributed by atoms with van der Waals surface area (Å²) in [6, 6.07) is 9.24. The Hall–Kier alpha value is -4.05. The number of carbonyl (C=O) groups is 5. The van der Waals surface area contributed by atoms with Crippen molar-refractivity contribution in [1.29, 1.82) is 0 Å². The summed E-state index contributed by atoms with van der Waals surface area (Å²) in [6.45, 7) is 6.94. The molecule has 42 heavy (non-hydrogen) atoms. The molecule has 230 valence electrons. The number of benzene rings is 1. The zero-order valence-electron chi connectivity index (χ0n) is 23.0. The Morgan fingerprint density at radius 1 is 1.10 bits per heavy atom. The van der Waals surface area contributed by atoms with E-state index in [1.54, 1.807) is 6.92 Å². The second-order valence-electron chi connectivity index (χ2n) is 10.2. The lowest BCUT2D eigenvalue weighted by Gasteiger charge is -2.48. The molecule has 1 amide bonds. The number of aliphatic carboxylic acids is 3. The predicted octanol–water partition coefficient (Wildman–Crippen LogP) is 0.0678. The molecule has 3 rings (SSSR count). The molecule has 15 nitrogen and oxygen atoms in total. The Balaban J connectivity index is 2.02. The van der Waals surface area contributed by atoms with Crippen molar-refractivity contribution in [3.05, 3.63) is 48.0 Å². The fourth-order valence-electron chi connectivity index (χ4n) is 5.47. The highest BCUT2D eigenvalue weighted by Crippen LogP contribution is 2.55. The molecule has 0 aliphatic carbocycles. The quantitative estimate of drug-likeness (QED) is 0.139. The van der Waals surface area contributed by atoms with E-state index in [1.807, 2.05) is 35.6 Å². The molecule has 2 bridgehead atoms. The molecule has 15 heteroatoms. The molecule has 2 heterocycles. The predicted molar refractivity (Wildman–Crippen MR) is 138 cm³/mol. The van der Waals surface area contributed by atoms with Crippen molar-refractivity contribution in [3.63, 3.8) is 0 Å². The minimum absolute atomic E-state index is 0.241. The van der Waals surface area contributed by atoms with Crippen molar-refractivity contribution < 1.29 is 68.5 Å². The number of aliphatic hydroxyl groups is 2. The van der Waals surface area contributed by atoms with Gasteiger partial charge in [-0.1, -0.05) is 43.8 Å². The monoisotopic (exact) mass is 595 g/mol. The normalized spacial score (nSPS) is 31.3. The number of carboxylic acid groups (broad SMARTS) is 3. The zero-order chi connectivity index (χ0) is 31.6. The number of ether oxygens (including phenoxy) is 4. The van der Waals surface area contributed by atoms with Gasteiger partial charge >= 0.3 is 30.0 Å². The van der Waals surface area contributed by atoms with E-state index >= 15 is 0 Å². The van der Waals surface area contributed by atoms with Gasteiger partial charge in [0.15, 0.2) is 6.10 Å². The first-order valence-corrected chi connectivity index (χ1v) is 12.8. The standard InChI is InChI=1S/C27H33NO14/c1-13(17(39-15(3)29)14(2)12-16-8-6-5-7-9-16)10-11-25-18(30)19(40-24(37)28-4)27(42-25,23(35)36)26(38,22(33)34)20(41-25)21(31)32/h5-9,14,17-20,30,38H,1,10-12H2,2-4H3,(H,28,37)(H,31,32)(H,33,34)(H,35,36). The molecular formula is C27H33NO14. The van der Waals surface area contributed by atoms with Crippen molar-refractivity contribution in [2.24, 2.45) is 5.92 Å². The Bertz CT molecular complexity index is 1250. The van der Waals surface area contributed by atoms with Crippen molar-refractivity contribution in [3.8, 4) is 0 Å². The molecule has 2 aliphatic heterocycles. The number of carbonyl (C=O) groups excluding carboxylic acids is 2. The number of rotatable bonds is 12. The van der Waals surface area contributed by atoms with Gasteiger partial charge < -0.3 is 49.8 Å². The van der Waals surface area contributed by atoms with Crippen LogP contribution in [0.15, 0.2) is 42.5 Å². The Morgan fingerprint density at radius 3 is 2.21 bits per heavy atom. The molecule has 1 aromatic carbocycles. The van der Waals surface area contributed by atoms with Crippen LogP contribution in [0.1, 0.15) is 32.3 Å². The summed E-state index contributed by atoms with van der Waals surface area (Å²) in [4.78, 5) is 61.1. The summed E-state index contributed by atoms with van der Waals surface area (Å²) in [5.74, 6) is -10.3. The highest BCUT2D eigenvalue weighted by Gasteiger charge is 2.85. The van der Waals surface area contributed by atoms with Gasteiger partial charge in [-0.15, -0.1) is 0 Å². The van der Waals surface area contributed by atoms with E-state index in [1.165, 1.54) is 6.92 Å². The van der Waals surface area contributed by atoms with Crippen LogP contribution in [-0.4, -0.2) is 104 Å². The highest BCUT2D eigenvalue weighted by molar-refractivity contribution is 5.98. The third-order valence-electron chi connectivity index (χ3n) is 7.45. The van der Waals surface area contributed by atoms with Crippen LogP contribution in [0.2, 0.25) is 0 Å². The SMILES string of the molecule is C=C(CCC12OC(C(=O)O)C(O)(C(=O)O)C(C(=O)O)(O1)C(OC(=O)NC)C2O)C(OC(C)=O)C(C)Cc1ccccc1. The second kappa shape index (κ2) is 12.1. The molecular weight excluding hydrogens is 562 g/mol.